The van der Waals surface area contributed by atoms with E-state index in [0.717, 1.165) is 30.0 Å². The fourth-order valence-electron chi connectivity index (χ4n) is 2.83. The zero-order valence-corrected chi connectivity index (χ0v) is 16.4. The molecule has 0 aromatic heterocycles. The molecule has 0 radical (unpaired) electrons. The highest BCUT2D eigenvalue weighted by Gasteiger charge is 2.28. The van der Waals surface area contributed by atoms with E-state index >= 15 is 0 Å². The zero-order chi connectivity index (χ0) is 19.5. The fourth-order valence-corrected chi connectivity index (χ4v) is 3.76. The number of carbonyl (C=O) groups is 2. The molecule has 2 rings (SSSR count). The van der Waals surface area contributed by atoms with Crippen molar-refractivity contribution in [1.29, 1.82) is 0 Å². The van der Waals surface area contributed by atoms with E-state index in [4.69, 9.17) is 4.74 Å². The Labute approximate surface area is 154 Å². The molecule has 0 bridgehead atoms. The van der Waals surface area contributed by atoms with Crippen molar-refractivity contribution in [3.05, 3.63) is 23.8 Å². The average Bonchev–Trinajstić information content (AvgIpc) is 3.11. The van der Waals surface area contributed by atoms with Crippen LogP contribution >= 0.6 is 0 Å². The summed E-state index contributed by atoms with van der Waals surface area (Å²) in [6.45, 7) is 3.27. The van der Waals surface area contributed by atoms with Gasteiger partial charge in [0, 0.05) is 19.8 Å². The Morgan fingerprint density at radius 2 is 1.85 bits per heavy atom. The normalized spacial score (nSPS) is 16.5. The average molecular weight is 382 g/mol. The number of esters is 1. The quantitative estimate of drug-likeness (QED) is 0.762. The Bertz CT molecular complexity index is 783. The third-order valence-electron chi connectivity index (χ3n) is 4.60. The maximum absolute atomic E-state index is 12.4. The highest BCUT2D eigenvalue weighted by molar-refractivity contribution is 7.89. The van der Waals surface area contributed by atoms with Gasteiger partial charge in [-0.1, -0.05) is 18.9 Å². The number of benzene rings is 1. The van der Waals surface area contributed by atoms with Crippen molar-refractivity contribution in [2.24, 2.45) is 5.92 Å². The van der Waals surface area contributed by atoms with Crippen LogP contribution in [0.1, 0.15) is 38.2 Å². The standard InChI is InChI=1S/C18H26N2O5S/c1-12-9-10-15(26(23,24)20(3)4)11-16(12)19-17(21)13(2)25-18(22)14-7-5-6-8-14/h9-11,13-14H,5-8H2,1-4H3,(H,19,21)/t13-/m0/s1. The molecule has 1 atom stereocenters. The van der Waals surface area contributed by atoms with Gasteiger partial charge in [0.1, 0.15) is 0 Å². The molecule has 0 unspecified atom stereocenters. The van der Waals surface area contributed by atoms with Crippen LogP contribution in [0, 0.1) is 12.8 Å². The van der Waals surface area contributed by atoms with Crippen molar-refractivity contribution in [2.75, 3.05) is 19.4 Å². The number of ether oxygens (including phenoxy) is 1. The molecule has 1 N–H and O–H groups in total. The molecule has 1 aromatic carbocycles. The summed E-state index contributed by atoms with van der Waals surface area (Å²) < 4.78 is 30.9. The van der Waals surface area contributed by atoms with Gasteiger partial charge in [-0.05, 0) is 44.4 Å². The maximum atomic E-state index is 12.4. The first-order chi connectivity index (χ1) is 12.1. The van der Waals surface area contributed by atoms with E-state index in [1.165, 1.54) is 33.2 Å². The molecule has 0 spiro atoms. The van der Waals surface area contributed by atoms with Crippen LogP contribution in [0.25, 0.3) is 0 Å². The van der Waals surface area contributed by atoms with Gasteiger partial charge in [-0.2, -0.15) is 0 Å². The van der Waals surface area contributed by atoms with Crippen LogP contribution in [0.15, 0.2) is 23.1 Å². The Balaban J connectivity index is 2.09. The second kappa shape index (κ2) is 8.18. The van der Waals surface area contributed by atoms with E-state index in [9.17, 15) is 18.0 Å². The van der Waals surface area contributed by atoms with E-state index < -0.39 is 22.0 Å². The second-order valence-corrected chi connectivity index (χ2v) is 8.97. The topological polar surface area (TPSA) is 92.8 Å². The highest BCUT2D eigenvalue weighted by atomic mass is 32.2. The molecule has 1 fully saturated rings. The lowest BCUT2D eigenvalue weighted by Crippen LogP contribution is -2.32. The molecule has 1 aliphatic rings. The molecule has 1 amide bonds. The fraction of sp³-hybridized carbons (Fsp3) is 0.556. The largest absolute Gasteiger partial charge is 0.452 e. The van der Waals surface area contributed by atoms with Crippen LogP contribution in [-0.2, 0) is 24.3 Å². The predicted molar refractivity (Wildman–Crippen MR) is 98.2 cm³/mol. The van der Waals surface area contributed by atoms with Crippen LogP contribution in [0.3, 0.4) is 0 Å². The third kappa shape index (κ3) is 4.62. The molecule has 144 valence electrons. The number of nitrogens with zero attached hydrogens (tertiary/aromatic N) is 1. The number of hydrogen-bond donors (Lipinski definition) is 1. The number of sulfonamides is 1. The highest BCUT2D eigenvalue weighted by Crippen LogP contribution is 2.26. The molecular formula is C18H26N2O5S. The summed E-state index contributed by atoms with van der Waals surface area (Å²) in [6.07, 6.45) is 2.67. The summed E-state index contributed by atoms with van der Waals surface area (Å²) in [5, 5.41) is 2.66. The minimum absolute atomic E-state index is 0.0824. The third-order valence-corrected chi connectivity index (χ3v) is 6.41. The number of amides is 1. The number of carbonyl (C=O) groups excluding carboxylic acids is 2. The van der Waals surface area contributed by atoms with Crippen LogP contribution < -0.4 is 5.32 Å². The molecular weight excluding hydrogens is 356 g/mol. The van der Waals surface area contributed by atoms with Crippen molar-refractivity contribution in [3.63, 3.8) is 0 Å². The van der Waals surface area contributed by atoms with Crippen molar-refractivity contribution in [3.8, 4) is 0 Å². The SMILES string of the molecule is Cc1ccc(S(=O)(=O)N(C)C)cc1NC(=O)[C@H](C)OC(=O)C1CCCC1. The lowest BCUT2D eigenvalue weighted by molar-refractivity contribution is -0.157. The minimum Gasteiger partial charge on any atom is -0.452 e. The predicted octanol–water partition coefficient (Wildman–Crippen LogP) is 2.31. The van der Waals surface area contributed by atoms with Gasteiger partial charge in [0.2, 0.25) is 10.0 Å². The first-order valence-corrected chi connectivity index (χ1v) is 10.1. The summed E-state index contributed by atoms with van der Waals surface area (Å²) in [7, 11) is -0.721. The number of anilines is 1. The van der Waals surface area contributed by atoms with Gasteiger partial charge in [-0.15, -0.1) is 0 Å². The van der Waals surface area contributed by atoms with Gasteiger partial charge in [-0.25, -0.2) is 12.7 Å². The molecule has 26 heavy (non-hydrogen) atoms. The number of hydrogen-bond acceptors (Lipinski definition) is 5. The minimum atomic E-state index is -3.61. The molecule has 1 aliphatic carbocycles. The van der Waals surface area contributed by atoms with E-state index in [2.05, 4.69) is 5.32 Å². The van der Waals surface area contributed by atoms with E-state index in [0.29, 0.717) is 11.3 Å². The van der Waals surface area contributed by atoms with Gasteiger partial charge in [0.15, 0.2) is 6.10 Å². The smallest absolute Gasteiger partial charge is 0.309 e. The first kappa shape index (κ1) is 20.4. The molecule has 0 aliphatic heterocycles. The summed E-state index contributed by atoms with van der Waals surface area (Å²) in [5.74, 6) is -0.954. The van der Waals surface area contributed by atoms with Gasteiger partial charge in [0.05, 0.1) is 10.8 Å². The van der Waals surface area contributed by atoms with E-state index in [1.54, 1.807) is 13.0 Å². The van der Waals surface area contributed by atoms with Gasteiger partial charge < -0.3 is 10.1 Å². The molecule has 7 nitrogen and oxygen atoms in total. The van der Waals surface area contributed by atoms with Gasteiger partial charge in [-0.3, -0.25) is 9.59 Å². The molecule has 8 heteroatoms. The van der Waals surface area contributed by atoms with Crippen molar-refractivity contribution < 1.29 is 22.7 Å². The lowest BCUT2D eigenvalue weighted by Gasteiger charge is -2.18. The van der Waals surface area contributed by atoms with Crippen LogP contribution in [0.2, 0.25) is 0 Å². The first-order valence-electron chi connectivity index (χ1n) is 8.67. The lowest BCUT2D eigenvalue weighted by atomic mass is 10.1. The summed E-state index contributed by atoms with van der Waals surface area (Å²) in [5.41, 5.74) is 1.09. The summed E-state index contributed by atoms with van der Waals surface area (Å²) in [6, 6.07) is 4.53. The Morgan fingerprint density at radius 3 is 2.42 bits per heavy atom. The van der Waals surface area contributed by atoms with Crippen molar-refractivity contribution in [2.45, 2.75) is 50.5 Å². The van der Waals surface area contributed by atoms with Crippen LogP contribution in [0.5, 0.6) is 0 Å². The molecule has 1 saturated carbocycles. The van der Waals surface area contributed by atoms with E-state index in [-0.39, 0.29) is 16.8 Å². The maximum Gasteiger partial charge on any atom is 0.309 e. The van der Waals surface area contributed by atoms with Crippen LogP contribution in [-0.4, -0.2) is 44.8 Å². The van der Waals surface area contributed by atoms with Crippen LogP contribution in [0.4, 0.5) is 5.69 Å². The van der Waals surface area contributed by atoms with E-state index in [1.807, 2.05) is 0 Å². The van der Waals surface area contributed by atoms with Crippen molar-refractivity contribution in [1.82, 2.24) is 4.31 Å². The summed E-state index contributed by atoms with van der Waals surface area (Å²) >= 11 is 0. The Hall–Kier alpha value is -1.93. The second-order valence-electron chi connectivity index (χ2n) is 6.81. The van der Waals surface area contributed by atoms with Gasteiger partial charge in [0.25, 0.3) is 5.91 Å². The Kier molecular flexibility index (Phi) is 6.41. The number of rotatable bonds is 6. The summed E-state index contributed by atoms with van der Waals surface area (Å²) in [4.78, 5) is 24.5. The molecule has 0 heterocycles. The number of nitrogens with one attached hydrogen (secondary N) is 1. The Morgan fingerprint density at radius 1 is 1.23 bits per heavy atom. The number of aryl methyl sites for hydroxylation is 1. The monoisotopic (exact) mass is 382 g/mol. The zero-order valence-electron chi connectivity index (χ0n) is 15.6. The van der Waals surface area contributed by atoms with Crippen molar-refractivity contribution >= 4 is 27.6 Å². The van der Waals surface area contributed by atoms with Gasteiger partial charge >= 0.3 is 5.97 Å². The molecule has 1 aromatic rings. The molecule has 0 saturated heterocycles.